The third-order valence-corrected chi connectivity index (χ3v) is 2.95. The fourth-order valence-electron chi connectivity index (χ4n) is 1.92. The number of hydrogen-bond acceptors (Lipinski definition) is 3. The molecule has 1 saturated carbocycles. The fourth-order valence-corrected chi connectivity index (χ4v) is 1.92. The van der Waals surface area contributed by atoms with Crippen molar-refractivity contribution in [2.75, 3.05) is 13.2 Å². The van der Waals surface area contributed by atoms with E-state index in [4.69, 9.17) is 9.84 Å². The second-order valence-electron chi connectivity index (χ2n) is 4.21. The molecule has 0 radical (unpaired) electrons. The highest BCUT2D eigenvalue weighted by Crippen LogP contribution is 2.38. The second-order valence-corrected chi connectivity index (χ2v) is 4.21. The zero-order valence-electron chi connectivity index (χ0n) is 8.44. The number of carbonyl (C=O) groups excluding carboxylic acids is 1. The van der Waals surface area contributed by atoms with Gasteiger partial charge in [-0.2, -0.15) is 0 Å². The highest BCUT2D eigenvalue weighted by molar-refractivity contribution is 5.89. The maximum Gasteiger partial charge on any atom is 0.307 e. The summed E-state index contributed by atoms with van der Waals surface area (Å²) < 4.78 is 5.23. The second kappa shape index (κ2) is 4.18. The Morgan fingerprint density at radius 2 is 2.13 bits per heavy atom. The van der Waals surface area contributed by atoms with Crippen LogP contribution in [0.5, 0.6) is 0 Å². The Morgan fingerprint density at radius 1 is 1.33 bits per heavy atom. The van der Waals surface area contributed by atoms with Crippen molar-refractivity contribution in [2.24, 2.45) is 11.8 Å². The van der Waals surface area contributed by atoms with Crippen LogP contribution in [0.25, 0.3) is 0 Å². The first kappa shape index (κ1) is 10.4. The summed E-state index contributed by atoms with van der Waals surface area (Å²) >= 11 is 0. The molecule has 1 amide bonds. The van der Waals surface area contributed by atoms with E-state index in [0.717, 1.165) is 19.4 Å². The summed E-state index contributed by atoms with van der Waals surface area (Å²) in [6, 6.07) is 0.0706. The van der Waals surface area contributed by atoms with Gasteiger partial charge in [-0.15, -0.1) is 0 Å². The van der Waals surface area contributed by atoms with Gasteiger partial charge in [0.2, 0.25) is 5.91 Å². The van der Waals surface area contributed by atoms with Crippen molar-refractivity contribution in [1.82, 2.24) is 5.32 Å². The summed E-state index contributed by atoms with van der Waals surface area (Å²) in [5.74, 6) is -1.77. The molecule has 5 nitrogen and oxygen atoms in total. The molecule has 0 aromatic heterocycles. The molecule has 1 aliphatic carbocycles. The number of hydrogen-bond donors (Lipinski definition) is 2. The Hall–Kier alpha value is -1.10. The van der Waals surface area contributed by atoms with E-state index in [1.807, 2.05) is 0 Å². The molecule has 0 aromatic carbocycles. The van der Waals surface area contributed by atoms with E-state index < -0.39 is 11.9 Å². The molecule has 0 bridgehead atoms. The van der Waals surface area contributed by atoms with Crippen LogP contribution in [-0.2, 0) is 14.3 Å². The number of nitrogens with one attached hydrogen (secondary N) is 1. The van der Waals surface area contributed by atoms with Crippen LogP contribution in [0.1, 0.15) is 19.3 Å². The van der Waals surface area contributed by atoms with E-state index in [0.29, 0.717) is 13.0 Å². The largest absolute Gasteiger partial charge is 0.481 e. The van der Waals surface area contributed by atoms with Gasteiger partial charge in [0.1, 0.15) is 0 Å². The zero-order chi connectivity index (χ0) is 10.8. The Morgan fingerprint density at radius 3 is 2.67 bits per heavy atom. The lowest BCUT2D eigenvalue weighted by Crippen LogP contribution is -2.41. The van der Waals surface area contributed by atoms with E-state index in [2.05, 4.69) is 5.32 Å². The number of carboxylic acids is 1. The van der Waals surface area contributed by atoms with Crippen LogP contribution >= 0.6 is 0 Å². The predicted molar refractivity (Wildman–Crippen MR) is 51.2 cm³/mol. The van der Waals surface area contributed by atoms with Gasteiger partial charge >= 0.3 is 5.97 Å². The molecule has 0 aromatic rings. The molecule has 5 heteroatoms. The molecule has 0 spiro atoms. The maximum absolute atomic E-state index is 11.6. The summed E-state index contributed by atoms with van der Waals surface area (Å²) in [7, 11) is 0. The van der Waals surface area contributed by atoms with Crippen LogP contribution in [0.3, 0.4) is 0 Å². The lowest BCUT2D eigenvalue weighted by molar-refractivity contribution is -0.140. The van der Waals surface area contributed by atoms with Gasteiger partial charge in [-0.25, -0.2) is 0 Å². The van der Waals surface area contributed by atoms with Crippen molar-refractivity contribution < 1.29 is 19.4 Å². The van der Waals surface area contributed by atoms with Gasteiger partial charge in [0.25, 0.3) is 0 Å². The molecule has 84 valence electrons. The summed E-state index contributed by atoms with van der Waals surface area (Å²) in [6.07, 6.45) is 2.36. The normalized spacial score (nSPS) is 34.5. The van der Waals surface area contributed by atoms with E-state index >= 15 is 0 Å². The fraction of sp³-hybridized carbons (Fsp3) is 0.800. The van der Waals surface area contributed by atoms with Gasteiger partial charge in [-0.3, -0.25) is 9.59 Å². The minimum atomic E-state index is -0.866. The Bertz CT molecular complexity index is 273. The van der Waals surface area contributed by atoms with E-state index in [1.54, 1.807) is 0 Å². The van der Waals surface area contributed by atoms with Crippen LogP contribution in [0, 0.1) is 11.8 Å². The molecule has 3 atom stereocenters. The standard InChI is InChI=1S/C10H15NO4/c12-9(7-4-8(7)10(13)14)11-6-2-1-3-15-5-6/h6-8H,1-5H2,(H,11,12)(H,13,14). The van der Waals surface area contributed by atoms with Crippen LogP contribution in [-0.4, -0.2) is 36.2 Å². The summed E-state index contributed by atoms with van der Waals surface area (Å²) in [5.41, 5.74) is 0. The highest BCUT2D eigenvalue weighted by atomic mass is 16.5. The quantitative estimate of drug-likeness (QED) is 0.692. The zero-order valence-corrected chi connectivity index (χ0v) is 8.44. The van der Waals surface area contributed by atoms with Gasteiger partial charge in [0.05, 0.1) is 24.5 Å². The van der Waals surface area contributed by atoms with E-state index in [1.165, 1.54) is 0 Å². The monoisotopic (exact) mass is 213 g/mol. The number of amides is 1. The minimum Gasteiger partial charge on any atom is -0.481 e. The van der Waals surface area contributed by atoms with Crippen LogP contribution in [0.2, 0.25) is 0 Å². The number of rotatable bonds is 3. The Balaban J connectivity index is 1.75. The Kier molecular flexibility index (Phi) is 2.90. The van der Waals surface area contributed by atoms with Crippen molar-refractivity contribution in [3.63, 3.8) is 0 Å². The van der Waals surface area contributed by atoms with Gasteiger partial charge in [0, 0.05) is 6.61 Å². The molecule has 15 heavy (non-hydrogen) atoms. The third kappa shape index (κ3) is 2.47. The number of carbonyl (C=O) groups is 2. The minimum absolute atomic E-state index is 0.0706. The molecule has 1 heterocycles. The van der Waals surface area contributed by atoms with Gasteiger partial charge in [0.15, 0.2) is 0 Å². The molecule has 2 fully saturated rings. The van der Waals surface area contributed by atoms with E-state index in [9.17, 15) is 9.59 Å². The first-order valence-electron chi connectivity index (χ1n) is 5.29. The average Bonchev–Trinajstić information content (AvgIpc) is 2.98. The smallest absolute Gasteiger partial charge is 0.307 e. The van der Waals surface area contributed by atoms with Crippen LogP contribution in [0.15, 0.2) is 0 Å². The first-order chi connectivity index (χ1) is 7.18. The SMILES string of the molecule is O=C(O)C1CC1C(=O)NC1CCCOC1. The molecule has 2 N–H and O–H groups in total. The predicted octanol–water partition coefficient (Wildman–Crippen LogP) is 0.00230. The number of ether oxygens (including phenoxy) is 1. The summed E-state index contributed by atoms with van der Waals surface area (Å²) in [6.45, 7) is 1.31. The highest BCUT2D eigenvalue weighted by Gasteiger charge is 2.48. The molecular weight excluding hydrogens is 198 g/mol. The maximum atomic E-state index is 11.6. The van der Waals surface area contributed by atoms with Crippen molar-refractivity contribution in [2.45, 2.75) is 25.3 Å². The number of carboxylic acid groups (broad SMARTS) is 1. The molecule has 2 rings (SSSR count). The number of aliphatic carboxylic acids is 1. The van der Waals surface area contributed by atoms with Crippen molar-refractivity contribution in [3.05, 3.63) is 0 Å². The lowest BCUT2D eigenvalue weighted by Gasteiger charge is -2.23. The molecule has 2 aliphatic rings. The van der Waals surface area contributed by atoms with Crippen molar-refractivity contribution in [3.8, 4) is 0 Å². The summed E-state index contributed by atoms with van der Waals surface area (Å²) in [5, 5.41) is 11.5. The van der Waals surface area contributed by atoms with Gasteiger partial charge in [-0.1, -0.05) is 0 Å². The van der Waals surface area contributed by atoms with Crippen molar-refractivity contribution in [1.29, 1.82) is 0 Å². The third-order valence-electron chi connectivity index (χ3n) is 2.95. The van der Waals surface area contributed by atoms with E-state index in [-0.39, 0.29) is 17.9 Å². The van der Waals surface area contributed by atoms with Gasteiger partial charge < -0.3 is 15.2 Å². The molecule has 1 saturated heterocycles. The molecule has 1 aliphatic heterocycles. The molecular formula is C10H15NO4. The van der Waals surface area contributed by atoms with Crippen LogP contribution in [0.4, 0.5) is 0 Å². The first-order valence-corrected chi connectivity index (χ1v) is 5.29. The van der Waals surface area contributed by atoms with Gasteiger partial charge in [-0.05, 0) is 19.3 Å². The summed E-state index contributed by atoms with van der Waals surface area (Å²) in [4.78, 5) is 22.1. The van der Waals surface area contributed by atoms with Crippen LogP contribution < -0.4 is 5.32 Å². The lowest BCUT2D eigenvalue weighted by atomic mass is 10.1. The average molecular weight is 213 g/mol. The molecule has 3 unspecified atom stereocenters. The Labute approximate surface area is 87.8 Å². The van der Waals surface area contributed by atoms with Crippen molar-refractivity contribution >= 4 is 11.9 Å². The topological polar surface area (TPSA) is 75.6 Å².